The third kappa shape index (κ3) is 5.39. The van der Waals surface area contributed by atoms with E-state index in [0.29, 0.717) is 11.4 Å². The lowest BCUT2D eigenvalue weighted by Crippen LogP contribution is -2.16. The molecule has 4 aromatic rings. The van der Waals surface area contributed by atoms with Gasteiger partial charge in [-0.2, -0.15) is 0 Å². The van der Waals surface area contributed by atoms with Crippen LogP contribution in [0.2, 0.25) is 0 Å². The summed E-state index contributed by atoms with van der Waals surface area (Å²) in [5, 5.41) is 0. The van der Waals surface area contributed by atoms with E-state index in [4.69, 9.17) is 15.0 Å². The summed E-state index contributed by atoms with van der Waals surface area (Å²) in [7, 11) is 0. The van der Waals surface area contributed by atoms with E-state index in [9.17, 15) is 0 Å². The number of para-hydroxylation sites is 2. The first-order valence-electron chi connectivity index (χ1n) is 12.2. The van der Waals surface area contributed by atoms with Gasteiger partial charge in [-0.15, -0.1) is 0 Å². The molecule has 3 aromatic carbocycles. The van der Waals surface area contributed by atoms with Gasteiger partial charge < -0.3 is 0 Å². The molecule has 1 aromatic heterocycles. The molecule has 6 heteroatoms. The molecule has 0 fully saturated rings. The van der Waals surface area contributed by atoms with E-state index in [1.165, 1.54) is 0 Å². The first-order valence-corrected chi connectivity index (χ1v) is 12.2. The summed E-state index contributed by atoms with van der Waals surface area (Å²) in [6.45, 7) is 0. The predicted octanol–water partition coefficient (Wildman–Crippen LogP) is 7.26. The number of hydrogen-bond donors (Lipinski definition) is 0. The Balaban J connectivity index is 1.20. The molecule has 180 valence electrons. The highest BCUT2D eigenvalue weighted by atomic mass is 14.9. The summed E-state index contributed by atoms with van der Waals surface area (Å²) < 4.78 is 0. The minimum atomic E-state index is 0.708. The minimum Gasteiger partial charge on any atom is -0.251 e. The highest BCUT2D eigenvalue weighted by molar-refractivity contribution is 6.24. The molecule has 6 nitrogen and oxygen atoms in total. The Morgan fingerprint density at radius 1 is 0.368 bits per heavy atom. The van der Waals surface area contributed by atoms with Crippen molar-refractivity contribution in [1.29, 1.82) is 0 Å². The molecule has 2 aliphatic rings. The van der Waals surface area contributed by atoms with Crippen LogP contribution in [0.3, 0.4) is 0 Å². The van der Waals surface area contributed by atoms with Crippen LogP contribution in [0.5, 0.6) is 0 Å². The van der Waals surface area contributed by atoms with Gasteiger partial charge in [0.05, 0.1) is 45.6 Å². The number of rotatable bonds is 4. The van der Waals surface area contributed by atoms with Gasteiger partial charge in [-0.1, -0.05) is 36.4 Å². The Morgan fingerprint density at radius 3 is 1.18 bits per heavy atom. The maximum absolute atomic E-state index is 4.82. The van der Waals surface area contributed by atoms with Crippen molar-refractivity contribution >= 4 is 45.6 Å². The molecule has 0 saturated carbocycles. The van der Waals surface area contributed by atoms with E-state index >= 15 is 0 Å². The second-order valence-corrected chi connectivity index (χ2v) is 8.51. The van der Waals surface area contributed by atoms with Crippen LogP contribution in [0.1, 0.15) is 11.4 Å². The van der Waals surface area contributed by atoms with Crippen molar-refractivity contribution in [1.82, 2.24) is 9.97 Å². The van der Waals surface area contributed by atoms with Crippen LogP contribution in [-0.2, 0) is 0 Å². The number of nitrogens with zero attached hydrogens (tertiary/aromatic N) is 6. The standard InChI is InChI=1S/C32H22N6/c1-3-7-23(8-4-1)35-25-11-13-26(14-12-25)36-27-15-17-28(18-16-27)38-30-20-19-29(31-32(30)34-22-21-33-31)37-24-9-5-2-6-10-24/h1-22H. The van der Waals surface area contributed by atoms with Crippen LogP contribution < -0.4 is 0 Å². The second-order valence-electron chi connectivity index (χ2n) is 8.51. The summed E-state index contributed by atoms with van der Waals surface area (Å²) in [4.78, 5) is 28.0. The Bertz CT molecular complexity index is 1660. The van der Waals surface area contributed by atoms with Crippen LogP contribution in [0.15, 0.2) is 154 Å². The molecule has 1 heterocycles. The molecule has 2 aliphatic carbocycles. The van der Waals surface area contributed by atoms with Gasteiger partial charge in [-0.05, 0) is 85.0 Å². The maximum Gasteiger partial charge on any atom is 0.116 e. The van der Waals surface area contributed by atoms with Gasteiger partial charge in [0.1, 0.15) is 11.4 Å². The van der Waals surface area contributed by atoms with E-state index in [1.54, 1.807) is 12.4 Å². The van der Waals surface area contributed by atoms with Gasteiger partial charge in [0.15, 0.2) is 0 Å². The lowest BCUT2D eigenvalue weighted by molar-refractivity contribution is 1.15. The summed E-state index contributed by atoms with van der Waals surface area (Å²) in [5.74, 6) is 0. The third-order valence-corrected chi connectivity index (χ3v) is 5.81. The quantitative estimate of drug-likeness (QED) is 0.282. The molecular formula is C32H22N6. The topological polar surface area (TPSA) is 75.2 Å². The van der Waals surface area contributed by atoms with E-state index in [2.05, 4.69) is 15.0 Å². The van der Waals surface area contributed by atoms with Crippen molar-refractivity contribution in [3.63, 3.8) is 0 Å². The smallest absolute Gasteiger partial charge is 0.116 e. The fourth-order valence-electron chi connectivity index (χ4n) is 3.99. The zero-order valence-electron chi connectivity index (χ0n) is 20.4. The summed E-state index contributed by atoms with van der Waals surface area (Å²) in [6, 6.07) is 27.5. The van der Waals surface area contributed by atoms with Gasteiger partial charge in [0.2, 0.25) is 0 Å². The van der Waals surface area contributed by atoms with Gasteiger partial charge in [0.25, 0.3) is 0 Å². The molecule has 0 unspecified atom stereocenters. The van der Waals surface area contributed by atoms with E-state index in [0.717, 1.165) is 45.6 Å². The van der Waals surface area contributed by atoms with Crippen molar-refractivity contribution in [3.8, 4) is 0 Å². The summed E-state index contributed by atoms with van der Waals surface area (Å²) >= 11 is 0. The molecule has 0 bridgehead atoms. The highest BCUT2D eigenvalue weighted by Crippen LogP contribution is 2.24. The predicted molar refractivity (Wildman–Crippen MR) is 155 cm³/mol. The van der Waals surface area contributed by atoms with Crippen LogP contribution in [0.25, 0.3) is 0 Å². The minimum absolute atomic E-state index is 0.708. The molecule has 0 radical (unpaired) electrons. The van der Waals surface area contributed by atoms with E-state index < -0.39 is 0 Å². The van der Waals surface area contributed by atoms with Crippen molar-refractivity contribution in [3.05, 3.63) is 145 Å². The fourth-order valence-corrected chi connectivity index (χ4v) is 3.99. The van der Waals surface area contributed by atoms with E-state index in [-0.39, 0.29) is 0 Å². The second kappa shape index (κ2) is 10.7. The molecule has 0 atom stereocenters. The van der Waals surface area contributed by atoms with Gasteiger partial charge in [0, 0.05) is 12.4 Å². The Labute approximate surface area is 220 Å². The number of allylic oxidation sites excluding steroid dienone is 6. The summed E-state index contributed by atoms with van der Waals surface area (Å²) in [5.41, 5.74) is 8.12. The van der Waals surface area contributed by atoms with Gasteiger partial charge in [-0.3, -0.25) is 9.97 Å². The van der Waals surface area contributed by atoms with Gasteiger partial charge in [-0.25, -0.2) is 20.0 Å². The number of hydrogen-bond acceptors (Lipinski definition) is 6. The monoisotopic (exact) mass is 490 g/mol. The number of benzene rings is 3. The van der Waals surface area contributed by atoms with Crippen LogP contribution in [-0.4, -0.2) is 32.8 Å². The first kappa shape index (κ1) is 23.1. The number of aliphatic imine (C=N–C) groups is 4. The fraction of sp³-hybridized carbons (Fsp3) is 0. The zero-order chi connectivity index (χ0) is 25.6. The molecule has 0 amide bonds. The van der Waals surface area contributed by atoms with Crippen LogP contribution in [0, 0.1) is 0 Å². The van der Waals surface area contributed by atoms with Crippen molar-refractivity contribution in [2.45, 2.75) is 0 Å². The van der Waals surface area contributed by atoms with Gasteiger partial charge >= 0.3 is 0 Å². The molecule has 38 heavy (non-hydrogen) atoms. The number of fused-ring (bicyclic) bond motifs is 1. The summed E-state index contributed by atoms with van der Waals surface area (Å²) in [6.07, 6.45) is 15.1. The first-order chi connectivity index (χ1) is 18.8. The molecule has 0 aliphatic heterocycles. The normalized spacial score (nSPS) is 16.1. The van der Waals surface area contributed by atoms with Crippen molar-refractivity contribution in [2.75, 3.05) is 0 Å². The van der Waals surface area contributed by atoms with E-state index in [1.807, 2.05) is 121 Å². The molecule has 6 rings (SSSR count). The average molecular weight is 491 g/mol. The van der Waals surface area contributed by atoms with Crippen LogP contribution >= 0.6 is 0 Å². The van der Waals surface area contributed by atoms with Crippen molar-refractivity contribution in [2.24, 2.45) is 20.0 Å². The lowest BCUT2D eigenvalue weighted by Gasteiger charge is -2.13. The highest BCUT2D eigenvalue weighted by Gasteiger charge is 2.19. The molecular weight excluding hydrogens is 468 g/mol. The Kier molecular flexibility index (Phi) is 6.51. The third-order valence-electron chi connectivity index (χ3n) is 5.81. The van der Waals surface area contributed by atoms with Crippen molar-refractivity contribution < 1.29 is 0 Å². The van der Waals surface area contributed by atoms with Crippen LogP contribution in [0.4, 0.5) is 22.7 Å². The maximum atomic E-state index is 4.82. The number of aromatic nitrogens is 2. The SMILES string of the molecule is C1=CC(=Nc2ccc(N=C3C=CC(=Nc4ccccc4)c4nccnc43)cc2)C=CC1=Nc1ccccc1. The average Bonchev–Trinajstić information content (AvgIpc) is 2.97. The largest absolute Gasteiger partial charge is 0.251 e. The zero-order valence-corrected chi connectivity index (χ0v) is 20.4. The molecule has 0 saturated heterocycles. The Morgan fingerprint density at radius 2 is 0.737 bits per heavy atom. The lowest BCUT2D eigenvalue weighted by atomic mass is 10.0. The molecule has 0 spiro atoms. The Hall–Kier alpha value is -5.36. The molecule has 0 N–H and O–H groups in total.